The van der Waals surface area contributed by atoms with Gasteiger partial charge in [-0.3, -0.25) is 0 Å². The summed E-state index contributed by atoms with van der Waals surface area (Å²) in [4.78, 5) is 0. The standard InChI is InChI=1S/C17H19BrO/c1-17(2,3)15-9-4-5-10-16(15)19-12-13-7-6-8-14(18)11-13/h4-11H,12H2,1-3H3. The Morgan fingerprint density at radius 3 is 2.42 bits per heavy atom. The second kappa shape index (κ2) is 5.79. The average molecular weight is 319 g/mol. The highest BCUT2D eigenvalue weighted by Crippen LogP contribution is 2.31. The number of rotatable bonds is 3. The fourth-order valence-electron chi connectivity index (χ4n) is 2.00. The SMILES string of the molecule is CC(C)(C)c1ccccc1OCc1cccc(Br)c1. The molecule has 0 bridgehead atoms. The van der Waals surface area contributed by atoms with Gasteiger partial charge in [-0.1, -0.05) is 67.0 Å². The van der Waals surface area contributed by atoms with Crippen molar-refractivity contribution < 1.29 is 4.74 Å². The summed E-state index contributed by atoms with van der Waals surface area (Å²) in [6.07, 6.45) is 0. The number of benzene rings is 2. The molecule has 0 unspecified atom stereocenters. The van der Waals surface area contributed by atoms with Gasteiger partial charge in [0.15, 0.2) is 0 Å². The van der Waals surface area contributed by atoms with Crippen LogP contribution in [0.25, 0.3) is 0 Å². The maximum atomic E-state index is 5.98. The minimum Gasteiger partial charge on any atom is -0.489 e. The van der Waals surface area contributed by atoms with Gasteiger partial charge in [-0.15, -0.1) is 0 Å². The van der Waals surface area contributed by atoms with E-state index >= 15 is 0 Å². The van der Waals surface area contributed by atoms with Gasteiger partial charge in [0.05, 0.1) is 0 Å². The molecule has 2 heteroatoms. The Bertz CT molecular complexity index is 555. The van der Waals surface area contributed by atoms with Crippen molar-refractivity contribution in [2.45, 2.75) is 32.8 Å². The van der Waals surface area contributed by atoms with Gasteiger partial charge in [0, 0.05) is 4.47 Å². The normalized spacial score (nSPS) is 11.4. The lowest BCUT2D eigenvalue weighted by molar-refractivity contribution is 0.297. The first-order valence-corrected chi connectivity index (χ1v) is 7.23. The first kappa shape index (κ1) is 14.1. The largest absolute Gasteiger partial charge is 0.489 e. The second-order valence-corrected chi connectivity index (χ2v) is 6.58. The lowest BCUT2D eigenvalue weighted by Gasteiger charge is -2.22. The maximum absolute atomic E-state index is 5.98. The molecule has 0 saturated heterocycles. The topological polar surface area (TPSA) is 9.23 Å². The monoisotopic (exact) mass is 318 g/mol. The highest BCUT2D eigenvalue weighted by molar-refractivity contribution is 9.10. The van der Waals surface area contributed by atoms with Crippen molar-refractivity contribution in [3.8, 4) is 5.75 Å². The zero-order valence-electron chi connectivity index (χ0n) is 11.6. The van der Waals surface area contributed by atoms with E-state index < -0.39 is 0 Å². The van der Waals surface area contributed by atoms with Gasteiger partial charge in [0.2, 0.25) is 0 Å². The molecule has 2 aromatic carbocycles. The van der Waals surface area contributed by atoms with Crippen molar-refractivity contribution in [1.29, 1.82) is 0 Å². The molecule has 100 valence electrons. The van der Waals surface area contributed by atoms with Crippen LogP contribution in [-0.2, 0) is 12.0 Å². The molecule has 2 rings (SSSR count). The Hall–Kier alpha value is -1.28. The van der Waals surface area contributed by atoms with E-state index in [1.165, 1.54) is 5.56 Å². The minimum atomic E-state index is 0.0911. The zero-order valence-corrected chi connectivity index (χ0v) is 13.2. The fourth-order valence-corrected chi connectivity index (χ4v) is 2.45. The molecule has 0 N–H and O–H groups in total. The Balaban J connectivity index is 2.16. The summed E-state index contributed by atoms with van der Waals surface area (Å²) in [5.41, 5.74) is 2.50. The number of ether oxygens (including phenoxy) is 1. The van der Waals surface area contributed by atoms with Gasteiger partial charge in [-0.05, 0) is 34.7 Å². The minimum absolute atomic E-state index is 0.0911. The molecule has 0 aliphatic rings. The van der Waals surface area contributed by atoms with Gasteiger partial charge >= 0.3 is 0 Å². The average Bonchev–Trinajstić information content (AvgIpc) is 2.36. The molecule has 0 atom stereocenters. The third-order valence-electron chi connectivity index (χ3n) is 2.98. The molecule has 0 aliphatic heterocycles. The number of halogens is 1. The highest BCUT2D eigenvalue weighted by atomic mass is 79.9. The van der Waals surface area contributed by atoms with Crippen molar-refractivity contribution in [1.82, 2.24) is 0 Å². The molecule has 0 aromatic heterocycles. The van der Waals surface area contributed by atoms with Crippen LogP contribution in [0, 0.1) is 0 Å². The zero-order chi connectivity index (χ0) is 13.9. The summed E-state index contributed by atoms with van der Waals surface area (Å²) in [5, 5.41) is 0. The summed E-state index contributed by atoms with van der Waals surface area (Å²) in [6, 6.07) is 16.5. The van der Waals surface area contributed by atoms with E-state index in [-0.39, 0.29) is 5.41 Å². The molecular weight excluding hydrogens is 300 g/mol. The van der Waals surface area contributed by atoms with Gasteiger partial charge in [0.1, 0.15) is 12.4 Å². The second-order valence-electron chi connectivity index (χ2n) is 5.66. The molecule has 0 aliphatic carbocycles. The Labute approximate surface area is 123 Å². The van der Waals surface area contributed by atoms with E-state index in [1.807, 2.05) is 24.3 Å². The van der Waals surface area contributed by atoms with Crippen molar-refractivity contribution >= 4 is 15.9 Å². The van der Waals surface area contributed by atoms with Gasteiger partial charge in [-0.25, -0.2) is 0 Å². The first-order valence-electron chi connectivity index (χ1n) is 6.43. The van der Waals surface area contributed by atoms with E-state index in [9.17, 15) is 0 Å². The number of hydrogen-bond donors (Lipinski definition) is 0. The van der Waals surface area contributed by atoms with Crippen LogP contribution in [0.15, 0.2) is 53.0 Å². The van der Waals surface area contributed by atoms with Gasteiger partial charge in [0.25, 0.3) is 0 Å². The van der Waals surface area contributed by atoms with E-state index in [2.05, 4.69) is 61.0 Å². The van der Waals surface area contributed by atoms with E-state index in [0.29, 0.717) is 6.61 Å². The van der Waals surface area contributed by atoms with E-state index in [0.717, 1.165) is 15.8 Å². The molecule has 1 nitrogen and oxygen atoms in total. The van der Waals surface area contributed by atoms with Crippen LogP contribution >= 0.6 is 15.9 Å². The molecule has 0 amide bonds. The third kappa shape index (κ3) is 3.84. The molecule has 0 heterocycles. The van der Waals surface area contributed by atoms with Crippen LogP contribution in [-0.4, -0.2) is 0 Å². The van der Waals surface area contributed by atoms with Crippen LogP contribution in [0.1, 0.15) is 31.9 Å². The van der Waals surface area contributed by atoms with Crippen molar-refractivity contribution in [2.24, 2.45) is 0 Å². The number of para-hydroxylation sites is 1. The summed E-state index contributed by atoms with van der Waals surface area (Å²) in [6.45, 7) is 7.20. The summed E-state index contributed by atoms with van der Waals surface area (Å²) >= 11 is 3.48. The summed E-state index contributed by atoms with van der Waals surface area (Å²) in [7, 11) is 0. The molecular formula is C17H19BrO. The molecule has 19 heavy (non-hydrogen) atoms. The highest BCUT2D eigenvalue weighted by Gasteiger charge is 2.18. The molecule has 0 fully saturated rings. The first-order chi connectivity index (χ1) is 8.97. The predicted octanol–water partition coefficient (Wildman–Crippen LogP) is 5.33. The molecule has 0 radical (unpaired) electrons. The van der Waals surface area contributed by atoms with Crippen LogP contribution in [0.4, 0.5) is 0 Å². The van der Waals surface area contributed by atoms with Crippen LogP contribution < -0.4 is 4.74 Å². The van der Waals surface area contributed by atoms with Gasteiger partial charge in [-0.2, -0.15) is 0 Å². The Morgan fingerprint density at radius 2 is 1.74 bits per heavy atom. The Kier molecular flexibility index (Phi) is 4.31. The van der Waals surface area contributed by atoms with Crippen molar-refractivity contribution in [2.75, 3.05) is 0 Å². The third-order valence-corrected chi connectivity index (χ3v) is 3.47. The van der Waals surface area contributed by atoms with E-state index in [4.69, 9.17) is 4.74 Å². The molecule has 0 saturated carbocycles. The Morgan fingerprint density at radius 1 is 1.00 bits per heavy atom. The molecule has 0 spiro atoms. The summed E-state index contributed by atoms with van der Waals surface area (Å²) < 4.78 is 7.07. The number of hydrogen-bond acceptors (Lipinski definition) is 1. The van der Waals surface area contributed by atoms with Crippen molar-refractivity contribution in [3.63, 3.8) is 0 Å². The lowest BCUT2D eigenvalue weighted by Crippen LogP contribution is -2.13. The quantitative estimate of drug-likeness (QED) is 0.743. The summed E-state index contributed by atoms with van der Waals surface area (Å²) in [5.74, 6) is 0.968. The van der Waals surface area contributed by atoms with Crippen LogP contribution in [0.3, 0.4) is 0 Å². The lowest BCUT2D eigenvalue weighted by atomic mass is 9.86. The fraction of sp³-hybridized carbons (Fsp3) is 0.294. The predicted molar refractivity (Wildman–Crippen MR) is 83.6 cm³/mol. The smallest absolute Gasteiger partial charge is 0.123 e. The van der Waals surface area contributed by atoms with Gasteiger partial charge < -0.3 is 4.74 Å². The van der Waals surface area contributed by atoms with Crippen LogP contribution in [0.2, 0.25) is 0 Å². The molecule has 2 aromatic rings. The van der Waals surface area contributed by atoms with Crippen LogP contribution in [0.5, 0.6) is 5.75 Å². The van der Waals surface area contributed by atoms with Crippen molar-refractivity contribution in [3.05, 3.63) is 64.1 Å². The maximum Gasteiger partial charge on any atom is 0.123 e. The van der Waals surface area contributed by atoms with E-state index in [1.54, 1.807) is 0 Å².